The number of benzene rings is 1. The Balaban J connectivity index is 1.51. The van der Waals surface area contributed by atoms with Gasteiger partial charge in [-0.05, 0) is 37.1 Å². The van der Waals surface area contributed by atoms with Crippen molar-refractivity contribution >= 4 is 35.2 Å². The molecule has 1 aromatic rings. The summed E-state index contributed by atoms with van der Waals surface area (Å²) in [6.07, 6.45) is 4.13. The van der Waals surface area contributed by atoms with Crippen molar-refractivity contribution in [1.29, 1.82) is 0 Å². The number of anilines is 1. The van der Waals surface area contributed by atoms with E-state index in [0.717, 1.165) is 25.7 Å². The maximum absolute atomic E-state index is 12.8. The summed E-state index contributed by atoms with van der Waals surface area (Å²) >= 11 is 1.19. The normalized spacial score (nSPS) is 14.0. The van der Waals surface area contributed by atoms with Crippen LogP contribution in [0.3, 0.4) is 0 Å². The smallest absolute Gasteiger partial charge is 0.234 e. The zero-order chi connectivity index (χ0) is 18.8. The van der Waals surface area contributed by atoms with E-state index >= 15 is 0 Å². The fourth-order valence-corrected chi connectivity index (χ4v) is 3.38. The van der Waals surface area contributed by atoms with Gasteiger partial charge in [-0.1, -0.05) is 12.8 Å². The Morgan fingerprint density at radius 3 is 2.27 bits per heavy atom. The predicted molar refractivity (Wildman–Crippen MR) is 100 cm³/mol. The molecular weight excluding hydrogens is 357 g/mol. The van der Waals surface area contributed by atoms with Gasteiger partial charge in [-0.2, -0.15) is 0 Å². The van der Waals surface area contributed by atoms with Crippen LogP contribution in [0.4, 0.5) is 10.1 Å². The third kappa shape index (κ3) is 7.43. The molecule has 8 heteroatoms. The number of halogens is 1. The second-order valence-corrected chi connectivity index (χ2v) is 7.16. The lowest BCUT2D eigenvalue weighted by molar-refractivity contribution is -0.125. The molecule has 26 heavy (non-hydrogen) atoms. The second-order valence-electron chi connectivity index (χ2n) is 6.17. The van der Waals surface area contributed by atoms with Crippen LogP contribution in [0.2, 0.25) is 0 Å². The van der Waals surface area contributed by atoms with Crippen molar-refractivity contribution in [1.82, 2.24) is 10.6 Å². The number of hydrogen-bond donors (Lipinski definition) is 3. The van der Waals surface area contributed by atoms with E-state index in [9.17, 15) is 18.8 Å². The van der Waals surface area contributed by atoms with Crippen molar-refractivity contribution in [3.63, 3.8) is 0 Å². The first-order chi connectivity index (χ1) is 12.5. The summed E-state index contributed by atoms with van der Waals surface area (Å²) in [6, 6.07) is 5.48. The van der Waals surface area contributed by atoms with Gasteiger partial charge in [0.05, 0.1) is 11.5 Å². The van der Waals surface area contributed by atoms with Gasteiger partial charge in [0.2, 0.25) is 17.7 Å². The van der Waals surface area contributed by atoms with Crippen molar-refractivity contribution < 1.29 is 18.8 Å². The first-order valence-corrected chi connectivity index (χ1v) is 9.87. The number of carbonyl (C=O) groups is 3. The topological polar surface area (TPSA) is 87.3 Å². The molecule has 0 unspecified atom stereocenters. The van der Waals surface area contributed by atoms with Gasteiger partial charge in [0.15, 0.2) is 0 Å². The van der Waals surface area contributed by atoms with Crippen LogP contribution < -0.4 is 16.0 Å². The van der Waals surface area contributed by atoms with E-state index in [1.54, 1.807) is 0 Å². The van der Waals surface area contributed by atoms with Crippen LogP contribution >= 0.6 is 11.8 Å². The molecule has 0 heterocycles. The molecule has 1 aliphatic carbocycles. The molecule has 0 saturated heterocycles. The lowest BCUT2D eigenvalue weighted by Crippen LogP contribution is -2.37. The Kier molecular flexibility index (Phi) is 8.40. The molecule has 0 aliphatic heterocycles. The molecule has 2 rings (SSSR count). The first-order valence-electron chi connectivity index (χ1n) is 8.72. The first kappa shape index (κ1) is 20.2. The fraction of sp³-hybridized carbons (Fsp3) is 0.500. The van der Waals surface area contributed by atoms with Gasteiger partial charge < -0.3 is 16.0 Å². The Bertz CT molecular complexity index is 619. The van der Waals surface area contributed by atoms with Crippen LogP contribution in [0.15, 0.2) is 24.3 Å². The molecule has 1 aliphatic rings. The van der Waals surface area contributed by atoms with E-state index in [-0.39, 0.29) is 41.0 Å². The van der Waals surface area contributed by atoms with E-state index in [0.29, 0.717) is 18.8 Å². The molecular formula is C18H24FN3O3S. The van der Waals surface area contributed by atoms with Crippen molar-refractivity contribution in [2.75, 3.05) is 29.9 Å². The van der Waals surface area contributed by atoms with Crippen molar-refractivity contribution in [2.45, 2.75) is 25.7 Å². The molecule has 0 aromatic heterocycles. The highest BCUT2D eigenvalue weighted by atomic mass is 32.2. The van der Waals surface area contributed by atoms with E-state index in [4.69, 9.17) is 0 Å². The summed E-state index contributed by atoms with van der Waals surface area (Å²) < 4.78 is 12.8. The van der Waals surface area contributed by atoms with Gasteiger partial charge in [0, 0.05) is 24.7 Å². The summed E-state index contributed by atoms with van der Waals surface area (Å²) in [6.45, 7) is 0.788. The summed E-state index contributed by atoms with van der Waals surface area (Å²) in [4.78, 5) is 35.3. The van der Waals surface area contributed by atoms with Crippen molar-refractivity contribution in [3.05, 3.63) is 30.1 Å². The second kappa shape index (κ2) is 10.8. The van der Waals surface area contributed by atoms with E-state index in [2.05, 4.69) is 16.0 Å². The summed E-state index contributed by atoms with van der Waals surface area (Å²) in [5, 5.41) is 8.17. The van der Waals surface area contributed by atoms with Gasteiger partial charge in [0.25, 0.3) is 0 Å². The van der Waals surface area contributed by atoms with Gasteiger partial charge >= 0.3 is 0 Å². The van der Waals surface area contributed by atoms with Gasteiger partial charge in [-0.25, -0.2) is 4.39 Å². The zero-order valence-corrected chi connectivity index (χ0v) is 15.4. The molecule has 0 bridgehead atoms. The Morgan fingerprint density at radius 1 is 0.962 bits per heavy atom. The Labute approximate surface area is 156 Å². The number of thioether (sulfide) groups is 1. The number of carbonyl (C=O) groups excluding carboxylic acids is 3. The maximum atomic E-state index is 12.8. The predicted octanol–water partition coefficient (Wildman–Crippen LogP) is 1.92. The molecule has 1 fully saturated rings. The molecule has 0 spiro atoms. The number of amides is 3. The van der Waals surface area contributed by atoms with Crippen molar-refractivity contribution in [3.8, 4) is 0 Å². The quantitative estimate of drug-likeness (QED) is 0.571. The Hall–Kier alpha value is -2.09. The molecule has 0 radical (unpaired) electrons. The average Bonchev–Trinajstić information content (AvgIpc) is 3.15. The summed E-state index contributed by atoms with van der Waals surface area (Å²) in [5.41, 5.74) is 0.513. The minimum absolute atomic E-state index is 0.0728. The molecule has 1 aromatic carbocycles. The molecule has 0 atom stereocenters. The minimum Gasteiger partial charge on any atom is -0.354 e. The largest absolute Gasteiger partial charge is 0.354 e. The van der Waals surface area contributed by atoms with Crippen LogP contribution in [0.5, 0.6) is 0 Å². The molecule has 6 nitrogen and oxygen atoms in total. The average molecular weight is 381 g/mol. The van der Waals surface area contributed by atoms with Crippen LogP contribution in [-0.2, 0) is 14.4 Å². The van der Waals surface area contributed by atoms with Crippen LogP contribution in [0, 0.1) is 11.7 Å². The third-order valence-corrected chi connectivity index (χ3v) is 5.00. The summed E-state index contributed by atoms with van der Waals surface area (Å²) in [7, 11) is 0. The standard InChI is InChI=1S/C18H24FN3O3S/c19-14-5-7-15(8-6-14)22-17(24)12-26-11-16(23)20-9-10-21-18(25)13-3-1-2-4-13/h5-8,13H,1-4,9-12H2,(H,20,23)(H,21,25)(H,22,24). The van der Waals surface area contributed by atoms with Gasteiger partial charge in [-0.15, -0.1) is 11.8 Å². The highest BCUT2D eigenvalue weighted by Gasteiger charge is 2.21. The lowest BCUT2D eigenvalue weighted by atomic mass is 10.1. The highest BCUT2D eigenvalue weighted by Crippen LogP contribution is 2.24. The van der Waals surface area contributed by atoms with Crippen molar-refractivity contribution in [2.24, 2.45) is 5.92 Å². The molecule has 1 saturated carbocycles. The molecule has 3 N–H and O–H groups in total. The van der Waals surface area contributed by atoms with Gasteiger partial charge in [0.1, 0.15) is 5.82 Å². The highest BCUT2D eigenvalue weighted by molar-refractivity contribution is 8.00. The third-order valence-electron chi connectivity index (χ3n) is 4.07. The fourth-order valence-electron chi connectivity index (χ4n) is 2.74. The maximum Gasteiger partial charge on any atom is 0.234 e. The van der Waals surface area contributed by atoms with Crippen LogP contribution in [0.1, 0.15) is 25.7 Å². The zero-order valence-electron chi connectivity index (χ0n) is 14.6. The van der Waals surface area contributed by atoms with Crippen LogP contribution in [0.25, 0.3) is 0 Å². The monoisotopic (exact) mass is 381 g/mol. The van der Waals surface area contributed by atoms with Crippen LogP contribution in [-0.4, -0.2) is 42.3 Å². The number of rotatable bonds is 9. The number of hydrogen-bond acceptors (Lipinski definition) is 4. The minimum atomic E-state index is -0.367. The molecule has 3 amide bonds. The lowest BCUT2D eigenvalue weighted by Gasteiger charge is -2.10. The SMILES string of the molecule is O=C(CSCC(=O)Nc1ccc(F)cc1)NCCNC(=O)C1CCCC1. The Morgan fingerprint density at radius 2 is 1.58 bits per heavy atom. The van der Waals surface area contributed by atoms with Gasteiger partial charge in [-0.3, -0.25) is 14.4 Å². The van der Waals surface area contributed by atoms with E-state index < -0.39 is 0 Å². The van der Waals surface area contributed by atoms with E-state index in [1.165, 1.54) is 36.0 Å². The summed E-state index contributed by atoms with van der Waals surface area (Å²) in [5.74, 6) is -0.313. The number of nitrogens with one attached hydrogen (secondary N) is 3. The van der Waals surface area contributed by atoms with E-state index in [1.807, 2.05) is 0 Å². The molecule has 142 valence electrons.